The lowest BCUT2D eigenvalue weighted by atomic mass is 10.2. The lowest BCUT2D eigenvalue weighted by Crippen LogP contribution is -1.98. The standard InChI is InChI=1S/C13H15ClN4O2S/c1-3-20-11-4-8(9(14)5-10(11)19-2)6-16-18-13-17-12(15)7-21-13/h4-7H,3,15H2,1-2H3,(H,17,18). The van der Waals surface area contributed by atoms with Crippen LogP contribution in [0.3, 0.4) is 0 Å². The number of anilines is 2. The molecule has 8 heteroatoms. The van der Waals surface area contributed by atoms with E-state index in [0.717, 1.165) is 0 Å². The summed E-state index contributed by atoms with van der Waals surface area (Å²) in [5.41, 5.74) is 9.02. The van der Waals surface area contributed by atoms with Gasteiger partial charge in [-0.05, 0) is 13.0 Å². The van der Waals surface area contributed by atoms with E-state index in [1.165, 1.54) is 11.3 Å². The first-order valence-corrected chi connectivity index (χ1v) is 7.40. The van der Waals surface area contributed by atoms with Gasteiger partial charge in [0, 0.05) is 17.0 Å². The summed E-state index contributed by atoms with van der Waals surface area (Å²) in [5, 5.41) is 6.93. The van der Waals surface area contributed by atoms with E-state index in [9.17, 15) is 0 Å². The van der Waals surface area contributed by atoms with Crippen molar-refractivity contribution >= 4 is 40.1 Å². The maximum Gasteiger partial charge on any atom is 0.205 e. The van der Waals surface area contributed by atoms with E-state index in [0.29, 0.717) is 39.6 Å². The van der Waals surface area contributed by atoms with Crippen molar-refractivity contribution in [2.24, 2.45) is 5.10 Å². The largest absolute Gasteiger partial charge is 0.493 e. The van der Waals surface area contributed by atoms with Gasteiger partial charge in [0.1, 0.15) is 5.82 Å². The molecule has 0 aliphatic rings. The number of methoxy groups -OCH3 is 1. The van der Waals surface area contributed by atoms with Gasteiger partial charge in [-0.15, -0.1) is 11.3 Å². The highest BCUT2D eigenvalue weighted by Crippen LogP contribution is 2.32. The van der Waals surface area contributed by atoms with Crippen LogP contribution in [0.4, 0.5) is 10.9 Å². The molecule has 3 N–H and O–H groups in total. The monoisotopic (exact) mass is 326 g/mol. The number of nitrogens with zero attached hydrogens (tertiary/aromatic N) is 2. The van der Waals surface area contributed by atoms with Crippen LogP contribution in [0, 0.1) is 0 Å². The van der Waals surface area contributed by atoms with Crippen LogP contribution in [0.15, 0.2) is 22.6 Å². The molecule has 1 heterocycles. The molecule has 21 heavy (non-hydrogen) atoms. The summed E-state index contributed by atoms with van der Waals surface area (Å²) in [7, 11) is 1.57. The first-order valence-electron chi connectivity index (χ1n) is 6.14. The summed E-state index contributed by atoms with van der Waals surface area (Å²) in [5.74, 6) is 1.66. The molecule has 0 aliphatic carbocycles. The zero-order chi connectivity index (χ0) is 15.2. The Morgan fingerprint density at radius 3 is 2.90 bits per heavy atom. The summed E-state index contributed by atoms with van der Waals surface area (Å²) < 4.78 is 10.7. The fourth-order valence-corrected chi connectivity index (χ4v) is 2.32. The molecule has 1 aromatic heterocycles. The molecule has 0 atom stereocenters. The van der Waals surface area contributed by atoms with Crippen molar-refractivity contribution in [3.8, 4) is 11.5 Å². The number of thiazole rings is 1. The van der Waals surface area contributed by atoms with Gasteiger partial charge in [-0.1, -0.05) is 11.6 Å². The second-order valence-corrected chi connectivity index (χ2v) is 5.17. The molecule has 0 saturated heterocycles. The molecular weight excluding hydrogens is 312 g/mol. The van der Waals surface area contributed by atoms with Gasteiger partial charge in [0.15, 0.2) is 11.5 Å². The number of nitrogens with two attached hydrogens (primary N) is 1. The molecule has 1 aromatic carbocycles. The summed E-state index contributed by atoms with van der Waals surface area (Å²) in [6, 6.07) is 3.46. The number of hydrazone groups is 1. The van der Waals surface area contributed by atoms with Gasteiger partial charge in [0.2, 0.25) is 5.13 Å². The lowest BCUT2D eigenvalue weighted by molar-refractivity contribution is 0.311. The SMILES string of the molecule is CCOc1cc(C=NNc2nc(N)cs2)c(Cl)cc1OC. The van der Waals surface area contributed by atoms with E-state index in [1.807, 2.05) is 6.92 Å². The number of aromatic nitrogens is 1. The summed E-state index contributed by atoms with van der Waals surface area (Å²) in [4.78, 5) is 4.03. The number of hydrogen-bond donors (Lipinski definition) is 2. The van der Waals surface area contributed by atoms with Gasteiger partial charge >= 0.3 is 0 Å². The van der Waals surface area contributed by atoms with Crippen LogP contribution in [-0.2, 0) is 0 Å². The molecule has 0 unspecified atom stereocenters. The molecule has 0 radical (unpaired) electrons. The fourth-order valence-electron chi connectivity index (χ4n) is 1.57. The van der Waals surface area contributed by atoms with E-state index >= 15 is 0 Å². The minimum absolute atomic E-state index is 0.457. The topological polar surface area (TPSA) is 81.8 Å². The Morgan fingerprint density at radius 1 is 1.48 bits per heavy atom. The number of hydrogen-bond acceptors (Lipinski definition) is 7. The maximum absolute atomic E-state index is 6.18. The molecule has 0 spiro atoms. The Kier molecular flexibility index (Phi) is 5.24. The van der Waals surface area contributed by atoms with E-state index in [1.54, 1.807) is 30.8 Å². The van der Waals surface area contributed by atoms with Gasteiger partial charge in [0.05, 0.1) is 25.0 Å². The van der Waals surface area contributed by atoms with Gasteiger partial charge < -0.3 is 15.2 Å². The highest BCUT2D eigenvalue weighted by Gasteiger charge is 2.09. The Bertz CT molecular complexity index is 645. The van der Waals surface area contributed by atoms with E-state index < -0.39 is 0 Å². The number of nitrogens with one attached hydrogen (secondary N) is 1. The number of rotatable bonds is 6. The van der Waals surface area contributed by atoms with Gasteiger partial charge in [-0.3, -0.25) is 5.43 Å². The van der Waals surface area contributed by atoms with Crippen LogP contribution in [-0.4, -0.2) is 24.9 Å². The number of benzene rings is 1. The summed E-state index contributed by atoms with van der Waals surface area (Å²) in [6.07, 6.45) is 1.59. The van der Waals surface area contributed by atoms with E-state index in [-0.39, 0.29) is 0 Å². The average molecular weight is 327 g/mol. The maximum atomic E-state index is 6.18. The van der Waals surface area contributed by atoms with Crippen molar-refractivity contribution in [2.75, 3.05) is 24.9 Å². The molecule has 6 nitrogen and oxygen atoms in total. The van der Waals surface area contributed by atoms with Crippen LogP contribution in [0.5, 0.6) is 11.5 Å². The minimum Gasteiger partial charge on any atom is -0.493 e. The molecular formula is C13H15ClN4O2S. The molecule has 0 amide bonds. The second kappa shape index (κ2) is 7.14. The molecule has 0 saturated carbocycles. The highest BCUT2D eigenvalue weighted by molar-refractivity contribution is 7.14. The van der Waals surface area contributed by atoms with Gasteiger partial charge in [-0.2, -0.15) is 5.10 Å². The molecule has 2 aromatic rings. The summed E-state index contributed by atoms with van der Waals surface area (Å²) in [6.45, 7) is 2.43. The molecule has 0 aliphatic heterocycles. The zero-order valence-corrected chi connectivity index (χ0v) is 13.2. The van der Waals surface area contributed by atoms with Crippen LogP contribution < -0.4 is 20.6 Å². The smallest absolute Gasteiger partial charge is 0.205 e. The van der Waals surface area contributed by atoms with Gasteiger partial charge in [-0.25, -0.2) is 4.98 Å². The van der Waals surface area contributed by atoms with Crippen molar-refractivity contribution in [3.05, 3.63) is 28.1 Å². The van der Waals surface area contributed by atoms with Crippen molar-refractivity contribution in [1.29, 1.82) is 0 Å². The zero-order valence-electron chi connectivity index (χ0n) is 11.6. The van der Waals surface area contributed by atoms with Crippen LogP contribution in [0.1, 0.15) is 12.5 Å². The van der Waals surface area contributed by atoms with E-state index in [4.69, 9.17) is 26.8 Å². The fraction of sp³-hybridized carbons (Fsp3) is 0.231. The number of halogens is 1. The first-order chi connectivity index (χ1) is 10.1. The van der Waals surface area contributed by atoms with Crippen LogP contribution in [0.2, 0.25) is 5.02 Å². The second-order valence-electron chi connectivity index (χ2n) is 3.91. The molecule has 112 valence electrons. The number of nitrogen functional groups attached to an aromatic ring is 1. The minimum atomic E-state index is 0.457. The lowest BCUT2D eigenvalue weighted by Gasteiger charge is -2.11. The van der Waals surface area contributed by atoms with Crippen LogP contribution >= 0.6 is 22.9 Å². The molecule has 2 rings (SSSR count). The molecule has 0 bridgehead atoms. The molecule has 0 fully saturated rings. The van der Waals surface area contributed by atoms with Gasteiger partial charge in [0.25, 0.3) is 0 Å². The van der Waals surface area contributed by atoms with E-state index in [2.05, 4.69) is 15.5 Å². The predicted octanol–water partition coefficient (Wildman–Crippen LogP) is 3.23. The number of ether oxygens (including phenoxy) is 2. The van der Waals surface area contributed by atoms with Crippen molar-refractivity contribution in [3.63, 3.8) is 0 Å². The third-order valence-electron chi connectivity index (χ3n) is 2.47. The summed E-state index contributed by atoms with van der Waals surface area (Å²) >= 11 is 7.55. The Balaban J connectivity index is 2.16. The van der Waals surface area contributed by atoms with Crippen molar-refractivity contribution in [1.82, 2.24) is 4.98 Å². The normalized spacial score (nSPS) is 10.8. The Labute approximate surface area is 131 Å². The van der Waals surface area contributed by atoms with Crippen molar-refractivity contribution < 1.29 is 9.47 Å². The third-order valence-corrected chi connectivity index (χ3v) is 3.56. The van der Waals surface area contributed by atoms with Crippen LogP contribution in [0.25, 0.3) is 0 Å². The average Bonchev–Trinajstić information content (AvgIpc) is 2.87. The Morgan fingerprint density at radius 2 is 2.29 bits per heavy atom. The van der Waals surface area contributed by atoms with Crippen molar-refractivity contribution in [2.45, 2.75) is 6.92 Å². The Hall–Kier alpha value is -1.99. The highest BCUT2D eigenvalue weighted by atomic mass is 35.5. The predicted molar refractivity (Wildman–Crippen MR) is 86.9 cm³/mol. The quantitative estimate of drug-likeness (QED) is 0.629. The first kappa shape index (κ1) is 15.4. The third kappa shape index (κ3) is 3.99.